The number of hydrogen-bond donors (Lipinski definition) is 0. The SMILES string of the molecule is CC1CN(C(=O)COc2cccc(I)c2)C(C)CN1Cc1ccc(F)cc1. The molecule has 0 aromatic heterocycles. The molecule has 1 heterocycles. The molecule has 27 heavy (non-hydrogen) atoms. The van der Waals surface area contributed by atoms with Gasteiger partial charge in [-0.3, -0.25) is 9.69 Å². The third-order valence-corrected chi connectivity index (χ3v) is 5.56. The summed E-state index contributed by atoms with van der Waals surface area (Å²) in [6.45, 7) is 6.44. The van der Waals surface area contributed by atoms with Gasteiger partial charge in [0.25, 0.3) is 5.91 Å². The van der Waals surface area contributed by atoms with Crippen LogP contribution >= 0.6 is 22.6 Å². The standard InChI is InChI=1S/C21H24FIN2O2/c1-15-12-25(21(26)14-27-20-5-3-4-19(23)10-20)16(2)11-24(15)13-17-6-8-18(22)9-7-17/h3-10,15-16H,11-14H2,1-2H3. The van der Waals surface area contributed by atoms with Crippen LogP contribution in [0.15, 0.2) is 48.5 Å². The maximum Gasteiger partial charge on any atom is 0.260 e. The van der Waals surface area contributed by atoms with Crippen LogP contribution in [0, 0.1) is 9.39 Å². The molecule has 1 aliphatic heterocycles. The average Bonchev–Trinajstić information content (AvgIpc) is 2.64. The van der Waals surface area contributed by atoms with Crippen molar-refractivity contribution in [3.05, 3.63) is 63.5 Å². The lowest BCUT2D eigenvalue weighted by Gasteiger charge is -2.44. The highest BCUT2D eigenvalue weighted by atomic mass is 127. The highest BCUT2D eigenvalue weighted by Gasteiger charge is 2.32. The van der Waals surface area contributed by atoms with Gasteiger partial charge in [-0.15, -0.1) is 0 Å². The van der Waals surface area contributed by atoms with Gasteiger partial charge in [0, 0.05) is 35.3 Å². The molecule has 2 unspecified atom stereocenters. The number of nitrogens with zero attached hydrogens (tertiary/aromatic N) is 2. The van der Waals surface area contributed by atoms with Crippen molar-refractivity contribution in [1.82, 2.24) is 9.80 Å². The molecule has 1 amide bonds. The molecule has 2 aromatic carbocycles. The average molecular weight is 482 g/mol. The molecule has 0 bridgehead atoms. The monoisotopic (exact) mass is 482 g/mol. The molecule has 144 valence electrons. The lowest BCUT2D eigenvalue weighted by molar-refractivity contribution is -0.139. The summed E-state index contributed by atoms with van der Waals surface area (Å²) in [4.78, 5) is 16.9. The highest BCUT2D eigenvalue weighted by Crippen LogP contribution is 2.20. The second-order valence-corrected chi connectivity index (χ2v) is 8.29. The number of piperazine rings is 1. The molecule has 1 fully saturated rings. The summed E-state index contributed by atoms with van der Waals surface area (Å²) in [7, 11) is 0. The van der Waals surface area contributed by atoms with E-state index in [2.05, 4.69) is 41.3 Å². The predicted molar refractivity (Wildman–Crippen MR) is 112 cm³/mol. The number of amides is 1. The summed E-state index contributed by atoms with van der Waals surface area (Å²) in [5.41, 5.74) is 1.08. The third-order valence-electron chi connectivity index (χ3n) is 4.89. The van der Waals surface area contributed by atoms with E-state index >= 15 is 0 Å². The van der Waals surface area contributed by atoms with Crippen LogP contribution in [0.25, 0.3) is 0 Å². The number of carbonyl (C=O) groups is 1. The summed E-state index contributed by atoms with van der Waals surface area (Å²) in [6.07, 6.45) is 0. The van der Waals surface area contributed by atoms with E-state index in [4.69, 9.17) is 4.74 Å². The zero-order valence-corrected chi connectivity index (χ0v) is 17.7. The molecule has 0 saturated carbocycles. The van der Waals surface area contributed by atoms with Gasteiger partial charge in [0.2, 0.25) is 0 Å². The minimum atomic E-state index is -0.219. The van der Waals surface area contributed by atoms with Gasteiger partial charge in [-0.05, 0) is 72.3 Å². The van der Waals surface area contributed by atoms with Gasteiger partial charge in [0.1, 0.15) is 11.6 Å². The topological polar surface area (TPSA) is 32.8 Å². The molecule has 0 N–H and O–H groups in total. The summed E-state index contributed by atoms with van der Waals surface area (Å²) in [6, 6.07) is 14.6. The highest BCUT2D eigenvalue weighted by molar-refractivity contribution is 14.1. The van der Waals surface area contributed by atoms with E-state index in [1.54, 1.807) is 0 Å². The fourth-order valence-electron chi connectivity index (χ4n) is 3.38. The Morgan fingerprint density at radius 2 is 1.89 bits per heavy atom. The molecule has 6 heteroatoms. The minimum Gasteiger partial charge on any atom is -0.484 e. The van der Waals surface area contributed by atoms with E-state index in [1.165, 1.54) is 12.1 Å². The molecule has 4 nitrogen and oxygen atoms in total. The smallest absolute Gasteiger partial charge is 0.260 e. The molecule has 1 saturated heterocycles. The number of ether oxygens (including phenoxy) is 1. The van der Waals surface area contributed by atoms with E-state index in [-0.39, 0.29) is 30.4 Å². The first-order valence-corrected chi connectivity index (χ1v) is 10.2. The summed E-state index contributed by atoms with van der Waals surface area (Å²) < 4.78 is 19.8. The number of rotatable bonds is 5. The number of benzene rings is 2. The van der Waals surface area contributed by atoms with Gasteiger partial charge >= 0.3 is 0 Å². The number of hydrogen-bond acceptors (Lipinski definition) is 3. The summed E-state index contributed by atoms with van der Waals surface area (Å²) in [5.74, 6) is 0.504. The van der Waals surface area contributed by atoms with Gasteiger partial charge in [0.05, 0.1) is 0 Å². The van der Waals surface area contributed by atoms with Crippen molar-refractivity contribution in [2.75, 3.05) is 19.7 Å². The van der Waals surface area contributed by atoms with E-state index in [0.29, 0.717) is 12.3 Å². The Labute approximate surface area is 173 Å². The largest absolute Gasteiger partial charge is 0.484 e. The van der Waals surface area contributed by atoms with Crippen LogP contribution in [0.1, 0.15) is 19.4 Å². The summed E-state index contributed by atoms with van der Waals surface area (Å²) >= 11 is 2.22. The van der Waals surface area contributed by atoms with Crippen LogP contribution < -0.4 is 4.74 Å². The molecular weight excluding hydrogens is 458 g/mol. The van der Waals surface area contributed by atoms with Crippen molar-refractivity contribution in [2.24, 2.45) is 0 Å². The van der Waals surface area contributed by atoms with Crippen molar-refractivity contribution in [3.8, 4) is 5.75 Å². The minimum absolute atomic E-state index is 0.00893. The Morgan fingerprint density at radius 1 is 1.15 bits per heavy atom. The molecule has 2 atom stereocenters. The Balaban J connectivity index is 1.55. The number of halogens is 2. The van der Waals surface area contributed by atoms with Gasteiger partial charge in [-0.25, -0.2) is 4.39 Å². The van der Waals surface area contributed by atoms with E-state index < -0.39 is 0 Å². The van der Waals surface area contributed by atoms with Crippen LogP contribution in [-0.2, 0) is 11.3 Å². The Morgan fingerprint density at radius 3 is 2.59 bits per heavy atom. The Kier molecular flexibility index (Phi) is 6.70. The molecule has 2 aromatic rings. The predicted octanol–water partition coefficient (Wildman–Crippen LogP) is 3.93. The lowest BCUT2D eigenvalue weighted by atomic mass is 10.1. The zero-order chi connectivity index (χ0) is 19.4. The molecule has 0 radical (unpaired) electrons. The quantitative estimate of drug-likeness (QED) is 0.606. The van der Waals surface area contributed by atoms with Crippen LogP contribution in [0.5, 0.6) is 5.75 Å². The van der Waals surface area contributed by atoms with Crippen LogP contribution in [0.2, 0.25) is 0 Å². The van der Waals surface area contributed by atoms with E-state index in [9.17, 15) is 9.18 Å². The fraction of sp³-hybridized carbons (Fsp3) is 0.381. The normalized spacial score (nSPS) is 20.5. The van der Waals surface area contributed by atoms with Gasteiger partial charge in [-0.1, -0.05) is 18.2 Å². The van der Waals surface area contributed by atoms with Crippen molar-refractivity contribution < 1.29 is 13.9 Å². The molecule has 0 aliphatic carbocycles. The first-order valence-electron chi connectivity index (χ1n) is 9.08. The Hall–Kier alpha value is -1.67. The molecular formula is C21H24FIN2O2. The van der Waals surface area contributed by atoms with Crippen molar-refractivity contribution >= 4 is 28.5 Å². The van der Waals surface area contributed by atoms with Crippen molar-refractivity contribution in [2.45, 2.75) is 32.5 Å². The van der Waals surface area contributed by atoms with Crippen LogP contribution in [0.4, 0.5) is 4.39 Å². The van der Waals surface area contributed by atoms with Crippen molar-refractivity contribution in [1.29, 1.82) is 0 Å². The second kappa shape index (κ2) is 9.01. The van der Waals surface area contributed by atoms with E-state index in [1.807, 2.05) is 41.3 Å². The van der Waals surface area contributed by atoms with Crippen LogP contribution in [-0.4, -0.2) is 47.5 Å². The second-order valence-electron chi connectivity index (χ2n) is 7.05. The zero-order valence-electron chi connectivity index (χ0n) is 15.6. The van der Waals surface area contributed by atoms with E-state index in [0.717, 1.165) is 22.2 Å². The molecule has 0 spiro atoms. The molecule has 1 aliphatic rings. The number of carbonyl (C=O) groups excluding carboxylic acids is 1. The van der Waals surface area contributed by atoms with Gasteiger partial charge < -0.3 is 9.64 Å². The lowest BCUT2D eigenvalue weighted by Crippen LogP contribution is -2.58. The first kappa shape index (κ1) is 20.1. The third kappa shape index (κ3) is 5.42. The first-order chi connectivity index (χ1) is 12.9. The van der Waals surface area contributed by atoms with Gasteiger partial charge in [-0.2, -0.15) is 0 Å². The van der Waals surface area contributed by atoms with Gasteiger partial charge in [0.15, 0.2) is 6.61 Å². The molecule has 3 rings (SSSR count). The fourth-order valence-corrected chi connectivity index (χ4v) is 3.89. The maximum absolute atomic E-state index is 13.1. The van der Waals surface area contributed by atoms with Crippen LogP contribution in [0.3, 0.4) is 0 Å². The Bertz CT molecular complexity index is 784. The van der Waals surface area contributed by atoms with Crippen molar-refractivity contribution in [3.63, 3.8) is 0 Å². The summed E-state index contributed by atoms with van der Waals surface area (Å²) in [5, 5.41) is 0. The maximum atomic E-state index is 13.1.